The summed E-state index contributed by atoms with van der Waals surface area (Å²) >= 11 is 0. The average molecular weight is 391 g/mol. The van der Waals surface area contributed by atoms with E-state index in [1.807, 2.05) is 12.1 Å². The van der Waals surface area contributed by atoms with E-state index in [4.69, 9.17) is 4.74 Å². The molecule has 1 aromatic carbocycles. The van der Waals surface area contributed by atoms with Gasteiger partial charge in [-0.3, -0.25) is 4.90 Å². The Morgan fingerprint density at radius 2 is 1.89 bits per heavy atom. The smallest absolute Gasteiger partial charge is 0.146 e. The third-order valence-electron chi connectivity index (χ3n) is 8.24. The van der Waals surface area contributed by atoms with Gasteiger partial charge in [0.1, 0.15) is 5.82 Å². The number of nitrogens with zero attached hydrogens (tertiary/aromatic N) is 2. The van der Waals surface area contributed by atoms with Crippen molar-refractivity contribution < 1.29 is 14.2 Å². The summed E-state index contributed by atoms with van der Waals surface area (Å²) in [4.78, 5) is 4.35. The van der Waals surface area contributed by atoms with Crippen molar-refractivity contribution in [2.45, 2.75) is 52.2 Å². The van der Waals surface area contributed by atoms with Crippen molar-refractivity contribution in [2.24, 2.45) is 16.7 Å². The standard InChI is InChI=1S/C23H35FN2O2/c1-22(2)17-8-9-23(22,3)21(14-17)28-16-18(27)15-25-10-12-26(13-11-25)20-7-5-4-6-19(20)24/h4-7,17-18,21,27H,8-16H2,1-3H3/t17-,18-,21-,23-/m0/s1. The number of β-amino-alcohol motifs (C(OH)–C–C–N with tert-alkyl or cyclic N) is 1. The van der Waals surface area contributed by atoms with Gasteiger partial charge < -0.3 is 14.7 Å². The molecule has 156 valence electrons. The molecule has 1 N–H and O–H groups in total. The van der Waals surface area contributed by atoms with E-state index in [9.17, 15) is 9.50 Å². The highest BCUT2D eigenvalue weighted by molar-refractivity contribution is 5.47. The molecule has 0 amide bonds. The highest BCUT2D eigenvalue weighted by atomic mass is 19.1. The van der Waals surface area contributed by atoms with Gasteiger partial charge in [-0.25, -0.2) is 4.39 Å². The maximum absolute atomic E-state index is 14.0. The number of aliphatic hydroxyl groups is 1. The van der Waals surface area contributed by atoms with Gasteiger partial charge in [-0.1, -0.05) is 32.9 Å². The van der Waals surface area contributed by atoms with Gasteiger partial charge in [0.2, 0.25) is 0 Å². The van der Waals surface area contributed by atoms with Gasteiger partial charge in [0, 0.05) is 32.7 Å². The minimum absolute atomic E-state index is 0.160. The van der Waals surface area contributed by atoms with Crippen molar-refractivity contribution in [1.82, 2.24) is 4.90 Å². The second-order valence-electron chi connectivity index (χ2n) is 9.83. The van der Waals surface area contributed by atoms with Gasteiger partial charge in [-0.2, -0.15) is 0 Å². The number of aliphatic hydroxyl groups excluding tert-OH is 1. The zero-order valence-electron chi connectivity index (χ0n) is 17.5. The van der Waals surface area contributed by atoms with E-state index in [2.05, 4.69) is 30.6 Å². The number of hydrogen-bond donors (Lipinski definition) is 1. The van der Waals surface area contributed by atoms with Crippen LogP contribution in [0.4, 0.5) is 10.1 Å². The first-order valence-corrected chi connectivity index (χ1v) is 10.8. The lowest BCUT2D eigenvalue weighted by atomic mass is 9.70. The summed E-state index contributed by atoms with van der Waals surface area (Å²) < 4.78 is 20.2. The van der Waals surface area contributed by atoms with Gasteiger partial charge in [-0.05, 0) is 48.1 Å². The van der Waals surface area contributed by atoms with Gasteiger partial charge in [0.05, 0.1) is 24.5 Å². The molecule has 2 aliphatic carbocycles. The highest BCUT2D eigenvalue weighted by Crippen LogP contribution is 2.66. The molecule has 1 heterocycles. The van der Waals surface area contributed by atoms with Crippen LogP contribution < -0.4 is 4.90 Å². The summed E-state index contributed by atoms with van der Waals surface area (Å²) in [5.74, 6) is 0.595. The number of piperazine rings is 1. The third-order valence-corrected chi connectivity index (χ3v) is 8.24. The molecule has 3 fully saturated rings. The first kappa shape index (κ1) is 20.1. The zero-order valence-corrected chi connectivity index (χ0v) is 17.5. The number of hydrogen-bond acceptors (Lipinski definition) is 4. The fourth-order valence-electron chi connectivity index (χ4n) is 5.84. The normalized spacial score (nSPS) is 33.4. The molecule has 5 heteroatoms. The second-order valence-corrected chi connectivity index (χ2v) is 9.83. The van der Waals surface area contributed by atoms with E-state index < -0.39 is 6.10 Å². The Morgan fingerprint density at radius 3 is 2.50 bits per heavy atom. The number of halogens is 1. The molecular formula is C23H35FN2O2. The average Bonchev–Trinajstić information content (AvgIpc) is 3.01. The molecule has 3 aliphatic rings. The number of ether oxygens (including phenoxy) is 1. The molecule has 0 aromatic heterocycles. The van der Waals surface area contributed by atoms with E-state index in [0.29, 0.717) is 24.3 Å². The van der Waals surface area contributed by atoms with Crippen LogP contribution in [0, 0.1) is 22.6 Å². The van der Waals surface area contributed by atoms with Crippen LogP contribution in [-0.2, 0) is 4.74 Å². The molecule has 2 bridgehead atoms. The maximum atomic E-state index is 14.0. The Morgan fingerprint density at radius 1 is 1.18 bits per heavy atom. The van der Waals surface area contributed by atoms with E-state index >= 15 is 0 Å². The van der Waals surface area contributed by atoms with E-state index in [0.717, 1.165) is 38.5 Å². The molecule has 4 atom stereocenters. The Bertz CT molecular complexity index is 689. The number of rotatable bonds is 6. The van der Waals surface area contributed by atoms with Crippen LogP contribution in [0.5, 0.6) is 0 Å². The Hall–Kier alpha value is -1.17. The lowest BCUT2D eigenvalue weighted by molar-refractivity contribution is -0.0794. The van der Waals surface area contributed by atoms with Crippen molar-refractivity contribution in [2.75, 3.05) is 44.2 Å². The molecule has 28 heavy (non-hydrogen) atoms. The predicted molar refractivity (Wildman–Crippen MR) is 110 cm³/mol. The quantitative estimate of drug-likeness (QED) is 0.806. The topological polar surface area (TPSA) is 35.9 Å². The SMILES string of the molecule is CC1(C)[C@H]2CC[C@@]1(C)[C@@H](OC[C@@H](O)CN1CCN(c3ccccc3F)CC1)C2. The minimum Gasteiger partial charge on any atom is -0.389 e. The van der Waals surface area contributed by atoms with Crippen LogP contribution in [0.3, 0.4) is 0 Å². The van der Waals surface area contributed by atoms with Crippen molar-refractivity contribution in [3.8, 4) is 0 Å². The van der Waals surface area contributed by atoms with Gasteiger partial charge in [-0.15, -0.1) is 0 Å². The summed E-state index contributed by atoms with van der Waals surface area (Å²) in [5.41, 5.74) is 1.26. The summed E-state index contributed by atoms with van der Waals surface area (Å²) in [6.07, 6.45) is 3.50. The van der Waals surface area contributed by atoms with Crippen molar-refractivity contribution >= 4 is 5.69 Å². The molecule has 4 nitrogen and oxygen atoms in total. The van der Waals surface area contributed by atoms with E-state index in [1.165, 1.54) is 18.9 Å². The van der Waals surface area contributed by atoms with E-state index in [1.54, 1.807) is 6.07 Å². The molecule has 1 saturated heterocycles. The van der Waals surface area contributed by atoms with Crippen molar-refractivity contribution in [3.63, 3.8) is 0 Å². The molecule has 2 saturated carbocycles. The minimum atomic E-state index is -0.467. The largest absolute Gasteiger partial charge is 0.389 e. The lowest BCUT2D eigenvalue weighted by Crippen LogP contribution is -2.49. The summed E-state index contributed by atoms with van der Waals surface area (Å²) in [6, 6.07) is 6.96. The van der Waals surface area contributed by atoms with E-state index in [-0.39, 0.29) is 17.3 Å². The summed E-state index contributed by atoms with van der Waals surface area (Å²) in [6.45, 7) is 11.4. The zero-order chi connectivity index (χ0) is 19.9. The summed E-state index contributed by atoms with van der Waals surface area (Å²) in [7, 11) is 0. The molecule has 1 aromatic rings. The molecule has 0 spiro atoms. The number of benzene rings is 1. The van der Waals surface area contributed by atoms with Crippen molar-refractivity contribution in [3.05, 3.63) is 30.1 Å². The first-order chi connectivity index (χ1) is 13.3. The van der Waals surface area contributed by atoms with Gasteiger partial charge >= 0.3 is 0 Å². The van der Waals surface area contributed by atoms with Crippen molar-refractivity contribution in [1.29, 1.82) is 0 Å². The van der Waals surface area contributed by atoms with Gasteiger partial charge in [0.15, 0.2) is 0 Å². The fraction of sp³-hybridized carbons (Fsp3) is 0.739. The molecule has 0 unspecified atom stereocenters. The van der Waals surface area contributed by atoms with Crippen LogP contribution in [-0.4, -0.2) is 61.5 Å². The van der Waals surface area contributed by atoms with Crippen LogP contribution in [0.15, 0.2) is 24.3 Å². The lowest BCUT2D eigenvalue weighted by Gasteiger charge is -2.39. The van der Waals surface area contributed by atoms with Crippen LogP contribution in [0.2, 0.25) is 0 Å². The number of anilines is 1. The highest BCUT2D eigenvalue weighted by Gasteiger charge is 2.61. The van der Waals surface area contributed by atoms with Crippen LogP contribution in [0.25, 0.3) is 0 Å². The monoisotopic (exact) mass is 390 g/mol. The molecule has 4 rings (SSSR count). The molecule has 0 radical (unpaired) electrons. The Kier molecular flexibility index (Phi) is 5.45. The molecule has 1 aliphatic heterocycles. The number of para-hydroxylation sites is 1. The fourth-order valence-corrected chi connectivity index (χ4v) is 5.84. The van der Waals surface area contributed by atoms with Crippen LogP contribution >= 0.6 is 0 Å². The Labute approximate surface area is 168 Å². The first-order valence-electron chi connectivity index (χ1n) is 10.8. The molecular weight excluding hydrogens is 355 g/mol. The summed E-state index contributed by atoms with van der Waals surface area (Å²) in [5, 5.41) is 10.5. The Balaban J connectivity index is 1.23. The maximum Gasteiger partial charge on any atom is 0.146 e. The van der Waals surface area contributed by atoms with Gasteiger partial charge in [0.25, 0.3) is 0 Å². The van der Waals surface area contributed by atoms with Crippen LogP contribution in [0.1, 0.15) is 40.0 Å². The third kappa shape index (κ3) is 3.46. The second kappa shape index (κ2) is 7.58. The predicted octanol–water partition coefficient (Wildman–Crippen LogP) is 3.54. The number of fused-ring (bicyclic) bond motifs is 2.